The summed E-state index contributed by atoms with van der Waals surface area (Å²) < 4.78 is 28.8. The second-order valence-corrected chi connectivity index (χ2v) is 6.44. The third kappa shape index (κ3) is 3.20. The number of hydrogen-bond acceptors (Lipinski definition) is 6. The number of halogens is 1. The molecule has 1 unspecified atom stereocenters. The highest BCUT2D eigenvalue weighted by molar-refractivity contribution is 5.72. The lowest BCUT2D eigenvalue weighted by atomic mass is 10.1. The zero-order valence-corrected chi connectivity index (χ0v) is 14.4. The van der Waals surface area contributed by atoms with Gasteiger partial charge in [0.05, 0.1) is 25.4 Å². The molecule has 0 aliphatic carbocycles. The van der Waals surface area contributed by atoms with Crippen LogP contribution in [-0.4, -0.2) is 39.1 Å². The molecule has 2 atom stereocenters. The van der Waals surface area contributed by atoms with E-state index in [1.54, 1.807) is 6.33 Å². The van der Waals surface area contributed by atoms with Crippen LogP contribution >= 0.6 is 0 Å². The van der Waals surface area contributed by atoms with Crippen LogP contribution in [0.25, 0.3) is 11.2 Å². The lowest BCUT2D eigenvalue weighted by Crippen LogP contribution is -2.27. The molecule has 3 N–H and O–H groups in total. The molecule has 1 aliphatic heterocycles. The first kappa shape index (κ1) is 15.5. The van der Waals surface area contributed by atoms with E-state index in [1.165, 1.54) is 6.07 Å². The van der Waals surface area contributed by atoms with Crippen LogP contribution in [0.15, 0.2) is 30.7 Å². The molecule has 1 saturated heterocycles. The standard InChI is InChI=1S/C18H21FN6O/c1-11(20)9-26-18-13(7-12(19)8-21-18)15-3-2-6-25(15)16-5-4-14-17(24-16)23-10-22-14/h4-5,7-8,10-11,15H,2-3,6,9,20H2,1H3,(H,22,23,24)/t11-,15?/m1/s1/i15D. The van der Waals surface area contributed by atoms with Crippen LogP contribution in [0.1, 0.15) is 32.7 Å². The van der Waals surface area contributed by atoms with Crippen molar-refractivity contribution in [2.24, 2.45) is 5.73 Å². The predicted molar refractivity (Wildman–Crippen MR) is 96.5 cm³/mol. The van der Waals surface area contributed by atoms with Crippen LogP contribution in [-0.2, 0) is 0 Å². The van der Waals surface area contributed by atoms with Crippen molar-refractivity contribution in [2.45, 2.75) is 31.8 Å². The maximum absolute atomic E-state index is 14.0. The largest absolute Gasteiger partial charge is 0.476 e. The first-order valence-corrected chi connectivity index (χ1v) is 8.59. The number of aromatic nitrogens is 4. The number of imidazole rings is 1. The highest BCUT2D eigenvalue weighted by Gasteiger charge is 2.30. The van der Waals surface area contributed by atoms with Crippen LogP contribution in [0.3, 0.4) is 0 Å². The summed E-state index contributed by atoms with van der Waals surface area (Å²) in [6, 6.07) is 3.60. The highest BCUT2D eigenvalue weighted by atomic mass is 19.1. The third-order valence-corrected chi connectivity index (χ3v) is 4.28. The smallest absolute Gasteiger partial charge is 0.218 e. The van der Waals surface area contributed by atoms with Crippen LogP contribution in [0.5, 0.6) is 5.88 Å². The monoisotopic (exact) mass is 357 g/mol. The van der Waals surface area contributed by atoms with Crippen molar-refractivity contribution in [1.82, 2.24) is 19.9 Å². The molecule has 136 valence electrons. The van der Waals surface area contributed by atoms with Crippen LogP contribution < -0.4 is 15.4 Å². The van der Waals surface area contributed by atoms with Crippen molar-refractivity contribution in [2.75, 3.05) is 18.1 Å². The zero-order valence-electron chi connectivity index (χ0n) is 15.4. The van der Waals surface area contributed by atoms with Gasteiger partial charge in [0.2, 0.25) is 5.88 Å². The second kappa shape index (κ2) is 6.87. The predicted octanol–water partition coefficient (Wildman–Crippen LogP) is 2.56. The molecule has 0 saturated carbocycles. The maximum Gasteiger partial charge on any atom is 0.218 e. The van der Waals surface area contributed by atoms with Gasteiger partial charge in [0.1, 0.15) is 18.2 Å². The SMILES string of the molecule is [2H]C1(c2cc(F)cnc2OC[C@@H](C)N)CCCN1c1ccc2[nH]cnc2n1. The Labute approximate surface area is 151 Å². The number of ether oxygens (including phenoxy) is 1. The number of hydrogen-bond donors (Lipinski definition) is 2. The summed E-state index contributed by atoms with van der Waals surface area (Å²) in [4.78, 5) is 17.7. The fraction of sp³-hybridized carbons (Fsp3) is 0.389. The number of pyridine rings is 2. The lowest BCUT2D eigenvalue weighted by Gasteiger charge is -2.27. The summed E-state index contributed by atoms with van der Waals surface area (Å²) in [5.74, 6) is 0.341. The van der Waals surface area contributed by atoms with E-state index < -0.39 is 11.8 Å². The summed E-state index contributed by atoms with van der Waals surface area (Å²) in [6.07, 6.45) is 3.95. The number of nitrogens with zero attached hydrogens (tertiary/aromatic N) is 4. The molecule has 3 aromatic heterocycles. The number of nitrogens with two attached hydrogens (primary N) is 1. The van der Waals surface area contributed by atoms with Gasteiger partial charge in [0.25, 0.3) is 0 Å². The lowest BCUT2D eigenvalue weighted by molar-refractivity contribution is 0.279. The van der Waals surface area contributed by atoms with E-state index in [0.717, 1.165) is 18.1 Å². The molecule has 8 heteroatoms. The maximum atomic E-state index is 14.0. The van der Waals surface area contributed by atoms with Crippen LogP contribution in [0, 0.1) is 5.82 Å². The average molecular weight is 357 g/mol. The second-order valence-electron chi connectivity index (χ2n) is 6.44. The molecular weight excluding hydrogens is 335 g/mol. The molecule has 0 radical (unpaired) electrons. The average Bonchev–Trinajstić information content (AvgIpc) is 3.26. The first-order valence-electron chi connectivity index (χ1n) is 9.09. The van der Waals surface area contributed by atoms with Crippen molar-refractivity contribution in [3.8, 4) is 5.88 Å². The summed E-state index contributed by atoms with van der Waals surface area (Å²) in [7, 11) is 0. The van der Waals surface area contributed by atoms with Crippen LogP contribution in [0.2, 0.25) is 0 Å². The Morgan fingerprint density at radius 1 is 1.50 bits per heavy atom. The Hall–Kier alpha value is -2.74. The molecular formula is C18H21FN6O. The molecule has 0 amide bonds. The minimum absolute atomic E-state index is 0.199. The highest BCUT2D eigenvalue weighted by Crippen LogP contribution is 2.39. The Morgan fingerprint density at radius 2 is 2.38 bits per heavy atom. The fourth-order valence-corrected chi connectivity index (χ4v) is 3.13. The zero-order chi connectivity index (χ0) is 19.0. The molecule has 0 bridgehead atoms. The number of fused-ring (bicyclic) bond motifs is 1. The van der Waals surface area contributed by atoms with Gasteiger partial charge in [-0.25, -0.2) is 19.3 Å². The van der Waals surface area contributed by atoms with Gasteiger partial charge in [-0.1, -0.05) is 0 Å². The quantitative estimate of drug-likeness (QED) is 0.729. The topological polar surface area (TPSA) is 93.0 Å². The molecule has 1 aliphatic rings. The number of nitrogens with one attached hydrogen (secondary N) is 1. The van der Waals surface area contributed by atoms with Crippen molar-refractivity contribution < 1.29 is 10.5 Å². The molecule has 7 nitrogen and oxygen atoms in total. The normalized spacial score (nSPS) is 21.8. The van der Waals surface area contributed by atoms with Gasteiger partial charge in [0.15, 0.2) is 5.65 Å². The minimum Gasteiger partial charge on any atom is -0.476 e. The van der Waals surface area contributed by atoms with Crippen molar-refractivity contribution >= 4 is 17.0 Å². The first-order chi connectivity index (χ1) is 13.0. The molecule has 3 aromatic rings. The number of rotatable bonds is 5. The van der Waals surface area contributed by atoms with Crippen LogP contribution in [0.4, 0.5) is 10.2 Å². The molecule has 0 aromatic carbocycles. The van der Waals surface area contributed by atoms with E-state index in [2.05, 4.69) is 19.9 Å². The van der Waals surface area contributed by atoms with Gasteiger partial charge in [-0.2, -0.15) is 0 Å². The van der Waals surface area contributed by atoms with E-state index in [1.807, 2.05) is 24.0 Å². The summed E-state index contributed by atoms with van der Waals surface area (Å²) in [5.41, 5.74) is 7.54. The van der Waals surface area contributed by atoms with Crippen molar-refractivity contribution in [3.63, 3.8) is 0 Å². The number of H-pyrrole nitrogens is 1. The van der Waals surface area contributed by atoms with E-state index in [4.69, 9.17) is 11.8 Å². The van der Waals surface area contributed by atoms with E-state index in [0.29, 0.717) is 30.0 Å². The molecule has 26 heavy (non-hydrogen) atoms. The molecule has 4 heterocycles. The molecule has 0 spiro atoms. The summed E-state index contributed by atoms with van der Waals surface area (Å²) in [5, 5.41) is 0. The van der Waals surface area contributed by atoms with Gasteiger partial charge >= 0.3 is 0 Å². The number of anilines is 1. The van der Waals surface area contributed by atoms with Gasteiger partial charge in [-0.05, 0) is 38.0 Å². The van der Waals surface area contributed by atoms with Gasteiger partial charge in [-0.3, -0.25) is 0 Å². The summed E-state index contributed by atoms with van der Waals surface area (Å²) >= 11 is 0. The Balaban J connectivity index is 1.75. The minimum atomic E-state index is -1.24. The van der Waals surface area contributed by atoms with Crippen molar-refractivity contribution in [1.29, 1.82) is 0 Å². The summed E-state index contributed by atoms with van der Waals surface area (Å²) in [6.45, 7) is 2.67. The fourth-order valence-electron chi connectivity index (χ4n) is 3.13. The Morgan fingerprint density at radius 3 is 3.23 bits per heavy atom. The van der Waals surface area contributed by atoms with E-state index in [9.17, 15) is 4.39 Å². The molecule has 4 rings (SSSR count). The molecule has 1 fully saturated rings. The van der Waals surface area contributed by atoms with Crippen molar-refractivity contribution in [3.05, 3.63) is 42.1 Å². The Kier molecular flexibility index (Phi) is 4.10. The van der Waals surface area contributed by atoms with E-state index >= 15 is 0 Å². The van der Waals surface area contributed by atoms with Gasteiger partial charge < -0.3 is 20.4 Å². The van der Waals surface area contributed by atoms with Gasteiger partial charge in [0, 0.05) is 18.2 Å². The third-order valence-electron chi connectivity index (χ3n) is 4.28. The Bertz CT molecular complexity index is 964. The van der Waals surface area contributed by atoms with Gasteiger partial charge in [-0.15, -0.1) is 0 Å². The van der Waals surface area contributed by atoms with E-state index in [-0.39, 0.29) is 18.5 Å². The number of aromatic amines is 1.